The molecular weight excluding hydrogens is 627 g/mol. The van der Waals surface area contributed by atoms with Crippen LogP contribution in [-0.2, 0) is 40.4 Å². The van der Waals surface area contributed by atoms with E-state index in [0.717, 1.165) is 72.9 Å². The quantitative estimate of drug-likeness (QED) is 0.172. The number of nitrogens with one attached hydrogen (secondary N) is 1. The van der Waals surface area contributed by atoms with Crippen LogP contribution in [-0.4, -0.2) is 88.5 Å². The summed E-state index contributed by atoms with van der Waals surface area (Å²) < 4.78 is 7.63. The number of fused-ring (bicyclic) bond motifs is 1. The normalized spacial score (nSPS) is 16.5. The van der Waals surface area contributed by atoms with Gasteiger partial charge in [-0.05, 0) is 62.2 Å². The number of nitrogens with zero attached hydrogens (tertiary/aromatic N) is 4. The van der Waals surface area contributed by atoms with E-state index < -0.39 is 11.8 Å². The first-order valence-electron chi connectivity index (χ1n) is 15.7. The molecule has 2 aromatic carbocycles. The predicted octanol–water partition coefficient (Wildman–Crippen LogP) is 3.21. The van der Waals surface area contributed by atoms with Gasteiger partial charge in [0.15, 0.2) is 0 Å². The number of hydrogen-bond acceptors (Lipinski definition) is 7. The Morgan fingerprint density at radius 2 is 1.93 bits per heavy atom. The fraction of sp³-hybridized carbons (Fsp3) is 0.441. The number of morpholine rings is 1. The van der Waals surface area contributed by atoms with Crippen molar-refractivity contribution >= 4 is 35.0 Å². The molecule has 1 atom stereocenters. The lowest BCUT2D eigenvalue weighted by atomic mass is 9.99. The van der Waals surface area contributed by atoms with Gasteiger partial charge in [0, 0.05) is 84.8 Å². The number of carbonyl (C=O) groups is 2. The molecule has 244 valence electrons. The molecule has 3 aromatic rings. The predicted molar refractivity (Wildman–Crippen MR) is 178 cm³/mol. The van der Waals surface area contributed by atoms with Crippen LogP contribution in [0.1, 0.15) is 47.7 Å². The van der Waals surface area contributed by atoms with Gasteiger partial charge in [-0.25, -0.2) is 0 Å². The van der Waals surface area contributed by atoms with E-state index in [1.165, 1.54) is 4.90 Å². The maximum absolute atomic E-state index is 12.5. The van der Waals surface area contributed by atoms with Gasteiger partial charge in [0.2, 0.25) is 0 Å². The number of hydrogen-bond donors (Lipinski definition) is 3. The average Bonchev–Trinajstić information content (AvgIpc) is 3.42. The van der Waals surface area contributed by atoms with Crippen molar-refractivity contribution in [2.24, 2.45) is 5.73 Å². The average molecular weight is 668 g/mol. The first-order chi connectivity index (χ1) is 22.2. The van der Waals surface area contributed by atoms with Crippen molar-refractivity contribution in [3.63, 3.8) is 0 Å². The summed E-state index contributed by atoms with van der Waals surface area (Å²) in [5.74, 6) is 4.76. The molecule has 10 nitrogen and oxygen atoms in total. The highest BCUT2D eigenvalue weighted by atomic mass is 35.5. The summed E-state index contributed by atoms with van der Waals surface area (Å²) in [6.45, 7) is 8.29. The molecule has 0 radical (unpaired) electrons. The monoisotopic (exact) mass is 666 g/mol. The Balaban J connectivity index is 1.41. The third kappa shape index (κ3) is 8.28. The molecule has 0 spiro atoms. The van der Waals surface area contributed by atoms with Crippen LogP contribution in [0, 0.1) is 11.8 Å². The lowest BCUT2D eigenvalue weighted by Gasteiger charge is -2.33. The molecule has 46 heavy (non-hydrogen) atoms. The van der Waals surface area contributed by atoms with Crippen LogP contribution in [0.15, 0.2) is 36.4 Å². The van der Waals surface area contributed by atoms with Gasteiger partial charge in [-0.15, -0.1) is 0 Å². The van der Waals surface area contributed by atoms with Crippen LogP contribution in [0.4, 0.5) is 0 Å². The molecule has 5 rings (SSSR count). The van der Waals surface area contributed by atoms with Crippen molar-refractivity contribution < 1.29 is 19.4 Å². The summed E-state index contributed by atoms with van der Waals surface area (Å²) in [5.41, 5.74) is 11.2. The van der Waals surface area contributed by atoms with Gasteiger partial charge in [0.05, 0.1) is 30.5 Å². The number of aliphatic hydroxyl groups is 1. The molecule has 0 aliphatic carbocycles. The highest BCUT2D eigenvalue weighted by molar-refractivity contribution is 6.34. The highest BCUT2D eigenvalue weighted by Gasteiger charge is 2.30. The van der Waals surface area contributed by atoms with E-state index in [1.807, 2.05) is 35.0 Å². The number of rotatable bonds is 10. The zero-order valence-electron chi connectivity index (χ0n) is 26.0. The maximum Gasteiger partial charge on any atom is 0.311 e. The molecule has 0 bridgehead atoms. The fourth-order valence-corrected chi connectivity index (χ4v) is 6.23. The van der Waals surface area contributed by atoms with E-state index in [9.17, 15) is 9.59 Å². The Morgan fingerprint density at radius 1 is 1.11 bits per heavy atom. The SMILES string of the molecule is C[C@H]1COCCN1CCCn1nc(-c2ccc(Cl)c(C#Cc3ccc(Cl)c(CNCCCO)c3)c2)c2c1CCN(C(=O)C(N)=O)C2. The molecule has 1 fully saturated rings. The molecule has 12 heteroatoms. The molecular formula is C34H40Cl2N6O4. The van der Waals surface area contributed by atoms with E-state index in [-0.39, 0.29) is 13.2 Å². The Morgan fingerprint density at radius 3 is 2.72 bits per heavy atom. The molecule has 0 saturated carbocycles. The van der Waals surface area contributed by atoms with Crippen LogP contribution in [0.25, 0.3) is 11.3 Å². The van der Waals surface area contributed by atoms with Gasteiger partial charge in [0.25, 0.3) is 0 Å². The number of aliphatic hydroxyl groups excluding tert-OH is 1. The first kappa shape index (κ1) is 33.9. The van der Waals surface area contributed by atoms with E-state index in [2.05, 4.69) is 29.0 Å². The van der Waals surface area contributed by atoms with Crippen molar-refractivity contribution in [3.05, 3.63) is 74.4 Å². The van der Waals surface area contributed by atoms with Crippen molar-refractivity contribution in [2.75, 3.05) is 46.0 Å². The van der Waals surface area contributed by atoms with Crippen LogP contribution in [0.2, 0.25) is 10.0 Å². The fourth-order valence-electron chi connectivity index (χ4n) is 5.88. The minimum atomic E-state index is -0.965. The summed E-state index contributed by atoms with van der Waals surface area (Å²) >= 11 is 13.0. The zero-order valence-corrected chi connectivity index (χ0v) is 27.5. The third-order valence-electron chi connectivity index (χ3n) is 8.41. The lowest BCUT2D eigenvalue weighted by molar-refractivity contribution is -0.144. The number of ether oxygens (including phenoxy) is 1. The lowest BCUT2D eigenvalue weighted by Crippen LogP contribution is -2.44. The smallest absolute Gasteiger partial charge is 0.311 e. The number of carbonyl (C=O) groups excluding carboxylic acids is 2. The van der Waals surface area contributed by atoms with Crippen LogP contribution in [0.5, 0.6) is 0 Å². The van der Waals surface area contributed by atoms with Crippen molar-refractivity contribution in [1.29, 1.82) is 0 Å². The van der Waals surface area contributed by atoms with Crippen LogP contribution in [0.3, 0.4) is 0 Å². The standard InChI is InChI=1S/C34H40Cl2N6O4/c1-23-22-46-17-15-40(23)12-3-13-42-31-10-14-41(34(45)33(37)44)21-28(31)32(39-42)26-7-9-29(35)25(19-26)6-4-24-5-8-30(36)27(18-24)20-38-11-2-16-43/h5,7-9,18-19,23,38,43H,2-3,10-17,20-22H2,1H3,(H2,37,44)/t23-/m0/s1. The largest absolute Gasteiger partial charge is 0.396 e. The molecule has 2 amide bonds. The Bertz CT molecular complexity index is 1630. The minimum Gasteiger partial charge on any atom is -0.396 e. The van der Waals surface area contributed by atoms with E-state index >= 15 is 0 Å². The van der Waals surface area contributed by atoms with E-state index in [0.29, 0.717) is 54.1 Å². The van der Waals surface area contributed by atoms with Gasteiger partial charge < -0.3 is 25.8 Å². The van der Waals surface area contributed by atoms with Gasteiger partial charge in [-0.2, -0.15) is 5.10 Å². The Kier molecular flexibility index (Phi) is 11.7. The third-order valence-corrected chi connectivity index (χ3v) is 9.10. The summed E-state index contributed by atoms with van der Waals surface area (Å²) in [5, 5.41) is 18.5. The van der Waals surface area contributed by atoms with Gasteiger partial charge >= 0.3 is 11.8 Å². The number of primary amides is 1. The summed E-state index contributed by atoms with van der Waals surface area (Å²) in [4.78, 5) is 28.2. The molecule has 3 heterocycles. The highest BCUT2D eigenvalue weighted by Crippen LogP contribution is 2.32. The Labute approximate surface area is 279 Å². The van der Waals surface area contributed by atoms with Crippen LogP contribution >= 0.6 is 23.2 Å². The topological polar surface area (TPSA) is 126 Å². The molecule has 1 aromatic heterocycles. The molecule has 1 saturated heterocycles. The molecule has 4 N–H and O–H groups in total. The van der Waals surface area contributed by atoms with E-state index in [1.54, 1.807) is 6.07 Å². The number of benzene rings is 2. The maximum atomic E-state index is 12.5. The second kappa shape index (κ2) is 15.9. The number of aromatic nitrogens is 2. The molecule has 2 aliphatic heterocycles. The van der Waals surface area contributed by atoms with Gasteiger partial charge in [-0.3, -0.25) is 19.2 Å². The Hall–Kier alpha value is -3.43. The number of halogens is 2. The van der Waals surface area contributed by atoms with Crippen molar-refractivity contribution in [1.82, 2.24) is 24.9 Å². The number of amides is 2. The number of aryl methyl sites for hydroxylation is 1. The van der Waals surface area contributed by atoms with Crippen LogP contribution < -0.4 is 11.1 Å². The van der Waals surface area contributed by atoms with Crippen molar-refractivity contribution in [3.8, 4) is 23.1 Å². The number of nitrogens with two attached hydrogens (primary N) is 1. The first-order valence-corrected chi connectivity index (χ1v) is 16.4. The second-order valence-electron chi connectivity index (χ2n) is 11.7. The molecule has 0 unspecified atom stereocenters. The van der Waals surface area contributed by atoms with E-state index in [4.69, 9.17) is 43.9 Å². The van der Waals surface area contributed by atoms with Crippen molar-refractivity contribution in [2.45, 2.75) is 51.9 Å². The zero-order chi connectivity index (χ0) is 32.6. The summed E-state index contributed by atoms with van der Waals surface area (Å²) in [6.07, 6.45) is 2.16. The minimum absolute atomic E-state index is 0.132. The van der Waals surface area contributed by atoms with Gasteiger partial charge in [-0.1, -0.05) is 41.1 Å². The van der Waals surface area contributed by atoms with Gasteiger partial charge in [0.1, 0.15) is 0 Å². The summed E-state index contributed by atoms with van der Waals surface area (Å²) in [6, 6.07) is 11.6. The summed E-state index contributed by atoms with van der Waals surface area (Å²) in [7, 11) is 0. The second-order valence-corrected chi connectivity index (χ2v) is 12.5. The molecule has 2 aliphatic rings.